The molecule has 2 aromatic carbocycles. The van der Waals surface area contributed by atoms with Gasteiger partial charge in [-0.15, -0.1) is 0 Å². The molecule has 1 aromatic heterocycles. The van der Waals surface area contributed by atoms with Gasteiger partial charge in [0.2, 0.25) is 0 Å². The minimum atomic E-state index is -0.736. The van der Waals surface area contributed by atoms with Crippen molar-refractivity contribution in [2.75, 3.05) is 13.1 Å². The van der Waals surface area contributed by atoms with Crippen LogP contribution in [0.5, 0.6) is 0 Å². The maximum Gasteiger partial charge on any atom is 0.133 e. The lowest BCUT2D eigenvalue weighted by molar-refractivity contribution is 0.0453. The minimum absolute atomic E-state index is 0.669. The molecule has 0 unspecified atom stereocenters. The van der Waals surface area contributed by atoms with E-state index >= 15 is 0 Å². The molecular weight excluding hydrogens is 298 g/mol. The van der Waals surface area contributed by atoms with E-state index in [1.807, 2.05) is 42.5 Å². The van der Waals surface area contributed by atoms with Gasteiger partial charge in [-0.1, -0.05) is 48.5 Å². The molecule has 0 radical (unpaired) electrons. The average Bonchev–Trinajstić information content (AvgIpc) is 3.27. The Labute approximate surface area is 142 Å². The van der Waals surface area contributed by atoms with E-state index in [0.717, 1.165) is 36.4 Å². The number of aliphatic hydroxyl groups is 1. The van der Waals surface area contributed by atoms with Crippen LogP contribution in [0.1, 0.15) is 17.5 Å². The average molecular weight is 319 g/mol. The standard InChI is InChI=1S/C21H21NO2/c23-21(19-8-2-1-3-9-19)11-12-22(16-21)15-17-6-4-7-18(14-17)20-10-5-13-24-20/h1-10,13-14,23H,11-12,15-16H2/t21-/m0/s1. The first-order valence-electron chi connectivity index (χ1n) is 8.36. The molecule has 1 aliphatic rings. The van der Waals surface area contributed by atoms with Crippen molar-refractivity contribution < 1.29 is 9.52 Å². The molecule has 1 fully saturated rings. The van der Waals surface area contributed by atoms with Gasteiger partial charge in [-0.3, -0.25) is 4.90 Å². The largest absolute Gasteiger partial charge is 0.464 e. The fourth-order valence-electron chi connectivity index (χ4n) is 3.51. The van der Waals surface area contributed by atoms with E-state index in [0.29, 0.717) is 6.54 Å². The summed E-state index contributed by atoms with van der Waals surface area (Å²) in [5.41, 5.74) is 2.60. The Kier molecular flexibility index (Phi) is 3.97. The molecule has 0 aliphatic carbocycles. The highest BCUT2D eigenvalue weighted by Gasteiger charge is 2.37. The third-order valence-electron chi connectivity index (χ3n) is 4.78. The van der Waals surface area contributed by atoms with Gasteiger partial charge in [-0.25, -0.2) is 0 Å². The second kappa shape index (κ2) is 6.27. The van der Waals surface area contributed by atoms with Crippen LogP contribution in [0.4, 0.5) is 0 Å². The highest BCUT2D eigenvalue weighted by atomic mass is 16.3. The third kappa shape index (κ3) is 3.01. The fourth-order valence-corrected chi connectivity index (χ4v) is 3.51. The molecule has 3 aromatic rings. The number of hydrogen-bond acceptors (Lipinski definition) is 3. The number of hydrogen-bond donors (Lipinski definition) is 1. The Balaban J connectivity index is 1.48. The van der Waals surface area contributed by atoms with Gasteiger partial charge < -0.3 is 9.52 Å². The summed E-state index contributed by atoms with van der Waals surface area (Å²) < 4.78 is 5.48. The molecule has 3 heteroatoms. The number of likely N-dealkylation sites (tertiary alicyclic amines) is 1. The van der Waals surface area contributed by atoms with Gasteiger partial charge in [0.1, 0.15) is 11.4 Å². The molecule has 0 spiro atoms. The molecule has 24 heavy (non-hydrogen) atoms. The van der Waals surface area contributed by atoms with Crippen LogP contribution >= 0.6 is 0 Å². The summed E-state index contributed by atoms with van der Waals surface area (Å²) in [6.07, 6.45) is 2.47. The van der Waals surface area contributed by atoms with Crippen molar-refractivity contribution >= 4 is 0 Å². The van der Waals surface area contributed by atoms with E-state index in [1.165, 1.54) is 5.56 Å². The molecular formula is C21H21NO2. The predicted octanol–water partition coefficient (Wildman–Crippen LogP) is 4.04. The number of furan rings is 1. The van der Waals surface area contributed by atoms with Gasteiger partial charge in [0.15, 0.2) is 0 Å². The lowest BCUT2D eigenvalue weighted by Crippen LogP contribution is -2.30. The summed E-state index contributed by atoms with van der Waals surface area (Å²) in [6, 6.07) is 22.3. The number of rotatable bonds is 4. The highest BCUT2D eigenvalue weighted by Crippen LogP contribution is 2.32. The smallest absolute Gasteiger partial charge is 0.133 e. The topological polar surface area (TPSA) is 36.6 Å². The number of β-amino-alcohol motifs (C(OH)–C–C–N with tert-alkyl or cyclic N) is 1. The second-order valence-corrected chi connectivity index (χ2v) is 6.54. The fraction of sp³-hybridized carbons (Fsp3) is 0.238. The van der Waals surface area contributed by atoms with Crippen LogP contribution in [0.3, 0.4) is 0 Å². The van der Waals surface area contributed by atoms with Gasteiger partial charge in [0.25, 0.3) is 0 Å². The minimum Gasteiger partial charge on any atom is -0.464 e. The Hall–Kier alpha value is -2.36. The van der Waals surface area contributed by atoms with Gasteiger partial charge in [-0.2, -0.15) is 0 Å². The zero-order valence-electron chi connectivity index (χ0n) is 13.6. The normalized spacial score (nSPS) is 21.2. The second-order valence-electron chi connectivity index (χ2n) is 6.54. The maximum atomic E-state index is 11.0. The number of nitrogens with zero attached hydrogens (tertiary/aromatic N) is 1. The van der Waals surface area contributed by atoms with Crippen LogP contribution in [0.15, 0.2) is 77.4 Å². The van der Waals surface area contributed by atoms with Gasteiger partial charge in [0.05, 0.1) is 6.26 Å². The van der Waals surface area contributed by atoms with Crippen LogP contribution in [0.2, 0.25) is 0 Å². The monoisotopic (exact) mass is 319 g/mol. The Morgan fingerprint density at radius 1 is 1.00 bits per heavy atom. The molecule has 3 nitrogen and oxygen atoms in total. The zero-order chi connectivity index (χ0) is 16.4. The molecule has 0 bridgehead atoms. The summed E-state index contributed by atoms with van der Waals surface area (Å²) >= 11 is 0. The number of benzene rings is 2. The Bertz CT molecular complexity index is 798. The van der Waals surface area contributed by atoms with E-state index in [2.05, 4.69) is 29.2 Å². The van der Waals surface area contributed by atoms with Crippen molar-refractivity contribution in [3.05, 3.63) is 84.1 Å². The lowest BCUT2D eigenvalue weighted by atomic mass is 9.93. The molecule has 4 rings (SSSR count). The van der Waals surface area contributed by atoms with Crippen molar-refractivity contribution in [2.24, 2.45) is 0 Å². The molecule has 1 saturated heterocycles. The molecule has 1 N–H and O–H groups in total. The first kappa shape index (κ1) is 15.2. The molecule has 122 valence electrons. The van der Waals surface area contributed by atoms with Crippen LogP contribution < -0.4 is 0 Å². The third-order valence-corrected chi connectivity index (χ3v) is 4.78. The van der Waals surface area contributed by atoms with Crippen LogP contribution in [0.25, 0.3) is 11.3 Å². The molecule has 1 aliphatic heterocycles. The highest BCUT2D eigenvalue weighted by molar-refractivity contribution is 5.58. The Morgan fingerprint density at radius 2 is 1.88 bits per heavy atom. The first-order valence-corrected chi connectivity index (χ1v) is 8.36. The zero-order valence-corrected chi connectivity index (χ0v) is 13.6. The van der Waals surface area contributed by atoms with Crippen molar-refractivity contribution in [3.63, 3.8) is 0 Å². The summed E-state index contributed by atoms with van der Waals surface area (Å²) in [7, 11) is 0. The van der Waals surface area contributed by atoms with Crippen molar-refractivity contribution in [3.8, 4) is 11.3 Å². The Morgan fingerprint density at radius 3 is 2.67 bits per heavy atom. The maximum absolute atomic E-state index is 11.0. The van der Waals surface area contributed by atoms with E-state index < -0.39 is 5.60 Å². The van der Waals surface area contributed by atoms with Gasteiger partial charge >= 0.3 is 0 Å². The molecule has 2 heterocycles. The quantitative estimate of drug-likeness (QED) is 0.788. The van der Waals surface area contributed by atoms with E-state index in [-0.39, 0.29) is 0 Å². The summed E-state index contributed by atoms with van der Waals surface area (Å²) in [6.45, 7) is 2.40. The lowest BCUT2D eigenvalue weighted by Gasteiger charge is -2.24. The van der Waals surface area contributed by atoms with E-state index in [1.54, 1.807) is 6.26 Å². The van der Waals surface area contributed by atoms with E-state index in [9.17, 15) is 5.11 Å². The molecule has 0 saturated carbocycles. The van der Waals surface area contributed by atoms with Crippen LogP contribution in [-0.2, 0) is 12.1 Å². The van der Waals surface area contributed by atoms with Crippen molar-refractivity contribution in [2.45, 2.75) is 18.6 Å². The van der Waals surface area contributed by atoms with E-state index in [4.69, 9.17) is 4.42 Å². The SMILES string of the molecule is O[C@@]1(c2ccccc2)CCN(Cc2cccc(-c3ccco3)c2)C1. The molecule has 1 atom stereocenters. The first-order chi connectivity index (χ1) is 11.7. The predicted molar refractivity (Wildman–Crippen MR) is 94.4 cm³/mol. The van der Waals surface area contributed by atoms with Gasteiger partial charge in [0, 0.05) is 25.2 Å². The molecule has 0 amide bonds. The van der Waals surface area contributed by atoms with Crippen LogP contribution in [-0.4, -0.2) is 23.1 Å². The van der Waals surface area contributed by atoms with Crippen molar-refractivity contribution in [1.82, 2.24) is 4.90 Å². The van der Waals surface area contributed by atoms with Crippen molar-refractivity contribution in [1.29, 1.82) is 0 Å². The van der Waals surface area contributed by atoms with Gasteiger partial charge in [-0.05, 0) is 35.7 Å². The summed E-state index contributed by atoms with van der Waals surface area (Å²) in [5.74, 6) is 0.888. The summed E-state index contributed by atoms with van der Waals surface area (Å²) in [4.78, 5) is 2.31. The van der Waals surface area contributed by atoms with Crippen LogP contribution in [0, 0.1) is 0 Å². The summed E-state index contributed by atoms with van der Waals surface area (Å²) in [5, 5.41) is 11.0.